The highest BCUT2D eigenvalue weighted by Crippen LogP contribution is 2.16. The van der Waals surface area contributed by atoms with E-state index in [0.717, 1.165) is 21.5 Å². The molecule has 0 aromatic heterocycles. The van der Waals surface area contributed by atoms with Gasteiger partial charge in [-0.2, -0.15) is 0 Å². The van der Waals surface area contributed by atoms with E-state index in [9.17, 15) is 4.79 Å². The third kappa shape index (κ3) is 5.35. The number of anilines is 1. The molecule has 0 aliphatic heterocycles. The lowest BCUT2D eigenvalue weighted by Gasteiger charge is -2.24. The van der Waals surface area contributed by atoms with Gasteiger partial charge in [0.05, 0.1) is 12.6 Å². The van der Waals surface area contributed by atoms with Gasteiger partial charge in [0.25, 0.3) is 0 Å². The summed E-state index contributed by atoms with van der Waals surface area (Å²) >= 11 is 3.39. The zero-order valence-electron chi connectivity index (χ0n) is 14.3. The van der Waals surface area contributed by atoms with Crippen LogP contribution in [0.1, 0.15) is 19.4 Å². The van der Waals surface area contributed by atoms with Crippen molar-refractivity contribution in [3.63, 3.8) is 0 Å². The molecular formula is C19H23BrN2O2. The van der Waals surface area contributed by atoms with Crippen molar-refractivity contribution in [1.82, 2.24) is 4.90 Å². The van der Waals surface area contributed by atoms with Gasteiger partial charge >= 0.3 is 0 Å². The van der Waals surface area contributed by atoms with Crippen molar-refractivity contribution in [1.29, 1.82) is 0 Å². The summed E-state index contributed by atoms with van der Waals surface area (Å²) in [4.78, 5) is 14.4. The summed E-state index contributed by atoms with van der Waals surface area (Å²) in [5, 5.41) is 2.94. The first-order valence-corrected chi connectivity index (χ1v) is 8.77. The number of halogens is 1. The first kappa shape index (κ1) is 18.5. The van der Waals surface area contributed by atoms with Crippen LogP contribution in [0.5, 0.6) is 5.75 Å². The topological polar surface area (TPSA) is 41.6 Å². The van der Waals surface area contributed by atoms with Crippen molar-refractivity contribution >= 4 is 27.5 Å². The molecule has 5 heteroatoms. The fourth-order valence-electron chi connectivity index (χ4n) is 2.26. The van der Waals surface area contributed by atoms with E-state index < -0.39 is 0 Å². The number of hydrogen-bond donors (Lipinski definition) is 1. The number of nitrogens with zero attached hydrogens (tertiary/aromatic N) is 1. The standard InChI is InChI=1S/C19H23BrN2O2/c1-4-24-18-11-5-15(6-12-18)13-22(3)14(2)19(23)21-17-9-7-16(20)8-10-17/h5-12,14H,4,13H2,1-3H3,(H,21,23)/t14-/m0/s1. The molecule has 0 unspecified atom stereocenters. The largest absolute Gasteiger partial charge is 0.494 e. The van der Waals surface area contributed by atoms with Crippen LogP contribution >= 0.6 is 15.9 Å². The number of ether oxygens (including phenoxy) is 1. The van der Waals surface area contributed by atoms with Gasteiger partial charge in [0.1, 0.15) is 5.75 Å². The molecule has 1 atom stereocenters. The van der Waals surface area contributed by atoms with Crippen molar-refractivity contribution in [2.45, 2.75) is 26.4 Å². The summed E-state index contributed by atoms with van der Waals surface area (Å²) in [5.74, 6) is 0.843. The number of rotatable bonds is 7. The second kappa shape index (κ2) is 8.85. The second-order valence-electron chi connectivity index (χ2n) is 5.66. The summed E-state index contributed by atoms with van der Waals surface area (Å²) < 4.78 is 6.43. The Morgan fingerprint density at radius 3 is 2.38 bits per heavy atom. The number of benzene rings is 2. The van der Waals surface area contributed by atoms with Crippen molar-refractivity contribution in [3.05, 3.63) is 58.6 Å². The van der Waals surface area contributed by atoms with Crippen molar-refractivity contribution < 1.29 is 9.53 Å². The average Bonchev–Trinajstić information content (AvgIpc) is 2.58. The Morgan fingerprint density at radius 1 is 1.17 bits per heavy atom. The molecule has 0 bridgehead atoms. The molecule has 2 aromatic rings. The van der Waals surface area contributed by atoms with E-state index in [2.05, 4.69) is 21.2 Å². The number of likely N-dealkylation sites (N-methyl/N-ethyl adjacent to an activating group) is 1. The van der Waals surface area contributed by atoms with Crippen LogP contribution in [0.3, 0.4) is 0 Å². The molecule has 24 heavy (non-hydrogen) atoms. The number of amides is 1. The smallest absolute Gasteiger partial charge is 0.241 e. The third-order valence-electron chi connectivity index (χ3n) is 3.82. The Bertz CT molecular complexity index is 656. The first-order chi connectivity index (χ1) is 11.5. The number of carbonyl (C=O) groups excluding carboxylic acids is 1. The van der Waals surface area contributed by atoms with Crippen LogP contribution in [-0.4, -0.2) is 30.5 Å². The lowest BCUT2D eigenvalue weighted by Crippen LogP contribution is -2.39. The predicted molar refractivity (Wildman–Crippen MR) is 101 cm³/mol. The van der Waals surface area contributed by atoms with Crippen LogP contribution in [0.4, 0.5) is 5.69 Å². The van der Waals surface area contributed by atoms with Crippen LogP contribution in [0.2, 0.25) is 0 Å². The fourth-order valence-corrected chi connectivity index (χ4v) is 2.53. The summed E-state index contributed by atoms with van der Waals surface area (Å²) in [6.45, 7) is 5.23. The fraction of sp³-hybridized carbons (Fsp3) is 0.316. The van der Waals surface area contributed by atoms with E-state index in [4.69, 9.17) is 4.74 Å². The van der Waals surface area contributed by atoms with Crippen molar-refractivity contribution in [2.24, 2.45) is 0 Å². The van der Waals surface area contributed by atoms with Gasteiger partial charge in [0, 0.05) is 16.7 Å². The molecule has 1 N–H and O–H groups in total. The number of hydrogen-bond acceptors (Lipinski definition) is 3. The lowest BCUT2D eigenvalue weighted by molar-refractivity contribution is -0.120. The zero-order chi connectivity index (χ0) is 17.5. The van der Waals surface area contributed by atoms with Gasteiger partial charge in [-0.05, 0) is 62.9 Å². The van der Waals surface area contributed by atoms with Gasteiger partial charge < -0.3 is 10.1 Å². The quantitative estimate of drug-likeness (QED) is 0.765. The Morgan fingerprint density at radius 2 is 1.79 bits per heavy atom. The van der Waals surface area contributed by atoms with E-state index in [1.807, 2.05) is 74.3 Å². The Balaban J connectivity index is 1.91. The average molecular weight is 391 g/mol. The molecule has 1 amide bonds. The van der Waals surface area contributed by atoms with Gasteiger partial charge in [-0.1, -0.05) is 28.1 Å². The Labute approximate surface area is 151 Å². The SMILES string of the molecule is CCOc1ccc(CN(C)[C@@H](C)C(=O)Nc2ccc(Br)cc2)cc1. The minimum absolute atomic E-state index is 0.0224. The molecular weight excluding hydrogens is 368 g/mol. The van der Waals surface area contributed by atoms with E-state index in [1.165, 1.54) is 0 Å². The first-order valence-electron chi connectivity index (χ1n) is 7.98. The molecule has 0 aliphatic carbocycles. The molecule has 0 saturated heterocycles. The highest BCUT2D eigenvalue weighted by atomic mass is 79.9. The lowest BCUT2D eigenvalue weighted by atomic mass is 10.1. The zero-order valence-corrected chi connectivity index (χ0v) is 15.8. The van der Waals surface area contributed by atoms with Gasteiger partial charge in [0.15, 0.2) is 0 Å². The highest BCUT2D eigenvalue weighted by Gasteiger charge is 2.18. The van der Waals surface area contributed by atoms with E-state index in [-0.39, 0.29) is 11.9 Å². The van der Waals surface area contributed by atoms with Crippen molar-refractivity contribution in [3.8, 4) is 5.75 Å². The summed E-state index contributed by atoms with van der Waals surface area (Å²) in [7, 11) is 1.95. The van der Waals surface area contributed by atoms with Crippen LogP contribution in [0.25, 0.3) is 0 Å². The number of nitrogens with one attached hydrogen (secondary N) is 1. The maximum Gasteiger partial charge on any atom is 0.241 e. The second-order valence-corrected chi connectivity index (χ2v) is 6.58. The molecule has 128 valence electrons. The highest BCUT2D eigenvalue weighted by molar-refractivity contribution is 9.10. The van der Waals surface area contributed by atoms with Gasteiger partial charge in [-0.15, -0.1) is 0 Å². The third-order valence-corrected chi connectivity index (χ3v) is 4.35. The summed E-state index contributed by atoms with van der Waals surface area (Å²) in [6, 6.07) is 15.3. The monoisotopic (exact) mass is 390 g/mol. The van der Waals surface area contributed by atoms with Gasteiger partial charge in [-0.25, -0.2) is 0 Å². The molecule has 0 spiro atoms. The maximum absolute atomic E-state index is 12.4. The number of carbonyl (C=O) groups is 1. The molecule has 0 radical (unpaired) electrons. The van der Waals surface area contributed by atoms with Crippen LogP contribution in [0.15, 0.2) is 53.0 Å². The molecule has 4 nitrogen and oxygen atoms in total. The minimum atomic E-state index is -0.236. The van der Waals surface area contributed by atoms with Crippen molar-refractivity contribution in [2.75, 3.05) is 19.0 Å². The van der Waals surface area contributed by atoms with E-state index in [1.54, 1.807) is 0 Å². The maximum atomic E-state index is 12.4. The van der Waals surface area contributed by atoms with Crippen LogP contribution in [0, 0.1) is 0 Å². The van der Waals surface area contributed by atoms with E-state index >= 15 is 0 Å². The predicted octanol–water partition coefficient (Wildman–Crippen LogP) is 4.31. The van der Waals surface area contributed by atoms with Crippen LogP contribution < -0.4 is 10.1 Å². The molecule has 0 saturated carbocycles. The van der Waals surface area contributed by atoms with E-state index in [0.29, 0.717) is 13.2 Å². The molecule has 0 fully saturated rings. The molecule has 0 heterocycles. The molecule has 0 aliphatic rings. The normalized spacial score (nSPS) is 12.0. The summed E-state index contributed by atoms with van der Waals surface area (Å²) in [6.07, 6.45) is 0. The summed E-state index contributed by atoms with van der Waals surface area (Å²) in [5.41, 5.74) is 1.94. The molecule has 2 aromatic carbocycles. The molecule has 2 rings (SSSR count). The Kier molecular flexibility index (Phi) is 6.82. The van der Waals surface area contributed by atoms with Crippen LogP contribution in [-0.2, 0) is 11.3 Å². The minimum Gasteiger partial charge on any atom is -0.494 e. The van der Waals surface area contributed by atoms with Gasteiger partial charge in [-0.3, -0.25) is 9.69 Å². The van der Waals surface area contributed by atoms with Gasteiger partial charge in [0.2, 0.25) is 5.91 Å². The Hall–Kier alpha value is -1.85.